The average molecular weight is 412 g/mol. The molecule has 31 heavy (non-hydrogen) atoms. The Morgan fingerprint density at radius 1 is 0.871 bits per heavy atom. The fourth-order valence-corrected chi connectivity index (χ4v) is 3.51. The van der Waals surface area contributed by atoms with Gasteiger partial charge in [0.05, 0.1) is 11.4 Å². The van der Waals surface area contributed by atoms with Crippen molar-refractivity contribution in [1.82, 2.24) is 9.97 Å². The van der Waals surface area contributed by atoms with Gasteiger partial charge in [-0.2, -0.15) is 0 Å². The quantitative estimate of drug-likeness (QED) is 0.375. The number of aromatic amines is 1. The number of nitrogens with one attached hydrogen (secondary N) is 1. The highest BCUT2D eigenvalue weighted by Gasteiger charge is 2.20. The minimum atomic E-state index is -0.960. The van der Waals surface area contributed by atoms with Crippen molar-refractivity contribution in [2.75, 3.05) is 0 Å². The summed E-state index contributed by atoms with van der Waals surface area (Å²) in [5.41, 5.74) is 3.98. The molecule has 4 rings (SSSR count). The van der Waals surface area contributed by atoms with Crippen molar-refractivity contribution >= 4 is 5.97 Å². The minimum Gasteiger partial charge on any atom is -0.479 e. The Balaban J connectivity index is 1.49. The first kappa shape index (κ1) is 20.4. The Labute approximate surface area is 181 Å². The number of para-hydroxylation sites is 1. The second kappa shape index (κ2) is 9.76. The summed E-state index contributed by atoms with van der Waals surface area (Å²) in [6.45, 7) is 0. The Morgan fingerprint density at radius 3 is 2.06 bits per heavy atom. The van der Waals surface area contributed by atoms with E-state index >= 15 is 0 Å². The summed E-state index contributed by atoms with van der Waals surface area (Å²) >= 11 is 0. The molecule has 0 aliphatic carbocycles. The van der Waals surface area contributed by atoms with E-state index in [1.165, 1.54) is 0 Å². The number of nitrogens with zero attached hydrogens (tertiary/aromatic N) is 1. The zero-order chi connectivity index (χ0) is 21.5. The number of ether oxygens (including phenoxy) is 1. The van der Waals surface area contributed by atoms with Gasteiger partial charge in [0.1, 0.15) is 11.6 Å². The number of aryl methyl sites for hydroxylation is 1. The van der Waals surface area contributed by atoms with E-state index in [4.69, 9.17) is 9.72 Å². The highest BCUT2D eigenvalue weighted by atomic mass is 16.5. The number of aliphatic carboxylic acids is 1. The predicted molar refractivity (Wildman–Crippen MR) is 121 cm³/mol. The van der Waals surface area contributed by atoms with Crippen LogP contribution in [0, 0.1) is 0 Å². The fraction of sp³-hybridized carbons (Fsp3) is 0.154. The van der Waals surface area contributed by atoms with Crippen molar-refractivity contribution < 1.29 is 14.6 Å². The third-order valence-corrected chi connectivity index (χ3v) is 5.04. The van der Waals surface area contributed by atoms with Gasteiger partial charge in [0.2, 0.25) is 0 Å². The van der Waals surface area contributed by atoms with Crippen LogP contribution in [0.15, 0.2) is 91.0 Å². The van der Waals surface area contributed by atoms with E-state index in [-0.39, 0.29) is 0 Å². The van der Waals surface area contributed by atoms with Gasteiger partial charge in [-0.15, -0.1) is 0 Å². The summed E-state index contributed by atoms with van der Waals surface area (Å²) in [5.74, 6) is 0.436. The SMILES string of the molecule is O=C(O)C(CCCc1nc(-c2ccccc2)c(-c2ccccc2)[nH]1)Oc1ccccc1. The molecule has 0 aliphatic rings. The largest absolute Gasteiger partial charge is 0.479 e. The van der Waals surface area contributed by atoms with Crippen molar-refractivity contribution in [3.63, 3.8) is 0 Å². The molecular formula is C26H24N2O3. The Hall–Kier alpha value is -3.86. The molecule has 1 atom stereocenters. The summed E-state index contributed by atoms with van der Waals surface area (Å²) in [7, 11) is 0. The minimum absolute atomic E-state index is 0.395. The molecule has 156 valence electrons. The van der Waals surface area contributed by atoms with E-state index in [0.717, 1.165) is 28.3 Å². The van der Waals surface area contributed by atoms with Crippen molar-refractivity contribution in [2.24, 2.45) is 0 Å². The number of benzene rings is 3. The van der Waals surface area contributed by atoms with Crippen LogP contribution in [-0.4, -0.2) is 27.1 Å². The Kier molecular flexibility index (Phi) is 6.43. The molecule has 2 N–H and O–H groups in total. The maximum Gasteiger partial charge on any atom is 0.344 e. The number of carboxylic acid groups (broad SMARTS) is 1. The van der Waals surface area contributed by atoms with Crippen LogP contribution in [-0.2, 0) is 11.2 Å². The zero-order valence-electron chi connectivity index (χ0n) is 17.1. The molecule has 0 aliphatic heterocycles. The molecule has 0 spiro atoms. The Morgan fingerprint density at radius 2 is 1.45 bits per heavy atom. The second-order valence-electron chi connectivity index (χ2n) is 7.29. The highest BCUT2D eigenvalue weighted by Crippen LogP contribution is 2.30. The van der Waals surface area contributed by atoms with E-state index < -0.39 is 12.1 Å². The van der Waals surface area contributed by atoms with Gasteiger partial charge < -0.3 is 14.8 Å². The molecule has 5 nitrogen and oxygen atoms in total. The summed E-state index contributed by atoms with van der Waals surface area (Å²) in [5, 5.41) is 9.53. The second-order valence-corrected chi connectivity index (χ2v) is 7.29. The first-order valence-corrected chi connectivity index (χ1v) is 10.3. The number of carboxylic acids is 1. The smallest absolute Gasteiger partial charge is 0.344 e. The van der Waals surface area contributed by atoms with Gasteiger partial charge in [0.15, 0.2) is 6.10 Å². The van der Waals surface area contributed by atoms with Crippen molar-refractivity contribution in [2.45, 2.75) is 25.4 Å². The van der Waals surface area contributed by atoms with Crippen molar-refractivity contribution in [1.29, 1.82) is 0 Å². The lowest BCUT2D eigenvalue weighted by Crippen LogP contribution is -2.27. The van der Waals surface area contributed by atoms with E-state index in [1.807, 2.05) is 66.7 Å². The standard InChI is InChI=1S/C26H24N2O3/c29-26(30)22(31-21-15-8-3-9-16-21)17-10-18-23-27-24(19-11-4-1-5-12-19)25(28-23)20-13-6-2-7-14-20/h1-9,11-16,22H,10,17-18H2,(H,27,28)(H,29,30). The van der Waals surface area contributed by atoms with Gasteiger partial charge in [-0.1, -0.05) is 78.9 Å². The van der Waals surface area contributed by atoms with Crippen LogP contribution in [0.25, 0.3) is 22.5 Å². The zero-order valence-corrected chi connectivity index (χ0v) is 17.1. The molecule has 0 saturated heterocycles. The monoisotopic (exact) mass is 412 g/mol. The maximum atomic E-state index is 11.6. The molecule has 4 aromatic rings. The first-order chi connectivity index (χ1) is 15.2. The molecule has 1 heterocycles. The Bertz CT molecular complexity index is 1050. The number of carbonyl (C=O) groups is 1. The van der Waals surface area contributed by atoms with E-state index in [0.29, 0.717) is 25.0 Å². The van der Waals surface area contributed by atoms with Crippen LogP contribution in [0.4, 0.5) is 0 Å². The van der Waals surface area contributed by atoms with Crippen LogP contribution in [0.5, 0.6) is 5.75 Å². The van der Waals surface area contributed by atoms with Crippen LogP contribution in [0.1, 0.15) is 18.7 Å². The van der Waals surface area contributed by atoms with Gasteiger partial charge in [-0.25, -0.2) is 9.78 Å². The summed E-state index contributed by atoms with van der Waals surface area (Å²) in [6.07, 6.45) is 0.778. The average Bonchev–Trinajstić information content (AvgIpc) is 3.24. The summed E-state index contributed by atoms with van der Waals surface area (Å²) in [4.78, 5) is 19.9. The molecule has 0 radical (unpaired) electrons. The topological polar surface area (TPSA) is 75.2 Å². The lowest BCUT2D eigenvalue weighted by molar-refractivity contribution is -0.145. The first-order valence-electron chi connectivity index (χ1n) is 10.3. The highest BCUT2D eigenvalue weighted by molar-refractivity contribution is 5.78. The van der Waals surface area contributed by atoms with E-state index in [9.17, 15) is 9.90 Å². The molecule has 0 fully saturated rings. The lowest BCUT2D eigenvalue weighted by atomic mass is 10.1. The van der Waals surface area contributed by atoms with E-state index in [2.05, 4.69) is 17.1 Å². The van der Waals surface area contributed by atoms with Crippen LogP contribution < -0.4 is 4.74 Å². The maximum absolute atomic E-state index is 11.6. The predicted octanol–water partition coefficient (Wildman–Crippen LogP) is 5.60. The molecule has 1 unspecified atom stereocenters. The normalized spacial score (nSPS) is 11.7. The van der Waals surface area contributed by atoms with Gasteiger partial charge in [-0.3, -0.25) is 0 Å². The third-order valence-electron chi connectivity index (χ3n) is 5.04. The molecule has 0 bridgehead atoms. The van der Waals surface area contributed by atoms with Crippen LogP contribution in [0.2, 0.25) is 0 Å². The van der Waals surface area contributed by atoms with Crippen LogP contribution >= 0.6 is 0 Å². The molecule has 0 amide bonds. The van der Waals surface area contributed by atoms with Crippen molar-refractivity contribution in [3.8, 4) is 28.3 Å². The summed E-state index contributed by atoms with van der Waals surface area (Å²) < 4.78 is 5.65. The van der Waals surface area contributed by atoms with Crippen molar-refractivity contribution in [3.05, 3.63) is 96.8 Å². The van der Waals surface area contributed by atoms with Gasteiger partial charge in [-0.05, 0) is 25.0 Å². The lowest BCUT2D eigenvalue weighted by Gasteiger charge is -2.14. The molecule has 1 aromatic heterocycles. The van der Waals surface area contributed by atoms with Crippen LogP contribution in [0.3, 0.4) is 0 Å². The molecular weight excluding hydrogens is 388 g/mol. The number of imidazole rings is 1. The molecule has 3 aromatic carbocycles. The number of aromatic nitrogens is 2. The summed E-state index contributed by atoms with van der Waals surface area (Å²) in [6, 6.07) is 29.2. The molecule has 5 heteroatoms. The number of rotatable bonds is 9. The number of hydrogen-bond acceptors (Lipinski definition) is 3. The number of hydrogen-bond donors (Lipinski definition) is 2. The van der Waals surface area contributed by atoms with Gasteiger partial charge in [0, 0.05) is 17.5 Å². The van der Waals surface area contributed by atoms with E-state index in [1.54, 1.807) is 12.1 Å². The van der Waals surface area contributed by atoms with Gasteiger partial charge in [0.25, 0.3) is 0 Å². The van der Waals surface area contributed by atoms with Gasteiger partial charge >= 0.3 is 5.97 Å². The number of H-pyrrole nitrogens is 1. The fourth-order valence-electron chi connectivity index (χ4n) is 3.51. The molecule has 0 saturated carbocycles. The third kappa shape index (κ3) is 5.20.